The van der Waals surface area contributed by atoms with Crippen molar-refractivity contribution in [2.45, 2.75) is 32.2 Å². The van der Waals surface area contributed by atoms with Gasteiger partial charge in [0.25, 0.3) is 0 Å². The van der Waals surface area contributed by atoms with Gasteiger partial charge in [0, 0.05) is 46.0 Å². The third-order valence-electron chi connectivity index (χ3n) is 4.48. The molecule has 1 unspecified atom stereocenters. The largest absolute Gasteiger partial charge is 0.374 e. The number of nitrogens with one attached hydrogen (secondary N) is 2. The summed E-state index contributed by atoms with van der Waals surface area (Å²) < 4.78 is 28.6. The molecule has 0 saturated carbocycles. The minimum Gasteiger partial charge on any atom is -0.374 e. The van der Waals surface area contributed by atoms with Crippen LogP contribution in [0.25, 0.3) is 0 Å². The number of ether oxygens (including phenoxy) is 1. The van der Waals surface area contributed by atoms with Gasteiger partial charge in [-0.2, -0.15) is 0 Å². The Balaban J connectivity index is 1.77. The molecule has 2 N–H and O–H groups in total. The smallest absolute Gasteiger partial charge is 0.191 e. The number of sulfone groups is 1. The summed E-state index contributed by atoms with van der Waals surface area (Å²) >= 11 is 0. The minimum atomic E-state index is -3.01. The highest BCUT2D eigenvalue weighted by Crippen LogP contribution is 2.09. The van der Waals surface area contributed by atoms with Crippen molar-refractivity contribution >= 4 is 15.8 Å². The van der Waals surface area contributed by atoms with E-state index in [-0.39, 0.29) is 11.9 Å². The van der Waals surface area contributed by atoms with Crippen molar-refractivity contribution in [1.82, 2.24) is 15.5 Å². The van der Waals surface area contributed by atoms with Crippen LogP contribution in [0, 0.1) is 5.92 Å². The average molecular weight is 411 g/mol. The molecule has 1 aromatic carbocycles. The maximum Gasteiger partial charge on any atom is 0.191 e. The van der Waals surface area contributed by atoms with E-state index in [0.29, 0.717) is 19.0 Å². The zero-order valence-electron chi connectivity index (χ0n) is 17.4. The van der Waals surface area contributed by atoms with Crippen LogP contribution in [0.4, 0.5) is 0 Å². The van der Waals surface area contributed by atoms with Crippen molar-refractivity contribution in [1.29, 1.82) is 0 Å². The minimum absolute atomic E-state index is 0.0686. The Kier molecular flexibility index (Phi) is 8.72. The van der Waals surface area contributed by atoms with E-state index in [2.05, 4.69) is 34.4 Å². The number of aliphatic imine (C=N–C) groups is 1. The molecule has 0 spiro atoms. The second-order valence-corrected chi connectivity index (χ2v) is 9.98. The molecule has 1 fully saturated rings. The lowest BCUT2D eigenvalue weighted by Gasteiger charge is -2.34. The van der Waals surface area contributed by atoms with Crippen LogP contribution >= 0.6 is 0 Å². The molecule has 1 aliphatic heterocycles. The lowest BCUT2D eigenvalue weighted by Crippen LogP contribution is -2.50. The van der Waals surface area contributed by atoms with Gasteiger partial charge in [0.05, 0.1) is 18.5 Å². The summed E-state index contributed by atoms with van der Waals surface area (Å²) in [4.78, 5) is 6.72. The number of benzene rings is 1. The molecule has 1 aromatic rings. The molecule has 0 aliphatic carbocycles. The van der Waals surface area contributed by atoms with Gasteiger partial charge in [-0.1, -0.05) is 38.1 Å². The van der Waals surface area contributed by atoms with E-state index in [4.69, 9.17) is 4.74 Å². The lowest BCUT2D eigenvalue weighted by atomic mass is 10.1. The van der Waals surface area contributed by atoms with Crippen molar-refractivity contribution < 1.29 is 13.2 Å². The summed E-state index contributed by atoms with van der Waals surface area (Å²) in [6.07, 6.45) is 1.40. The second kappa shape index (κ2) is 10.8. The van der Waals surface area contributed by atoms with Gasteiger partial charge in [-0.3, -0.25) is 9.89 Å². The van der Waals surface area contributed by atoms with Crippen LogP contribution in [0.2, 0.25) is 0 Å². The van der Waals surface area contributed by atoms with E-state index in [0.717, 1.165) is 43.3 Å². The first-order valence-electron chi connectivity index (χ1n) is 9.79. The molecular weight excluding hydrogens is 376 g/mol. The molecule has 1 heterocycles. The van der Waals surface area contributed by atoms with Gasteiger partial charge < -0.3 is 15.4 Å². The van der Waals surface area contributed by atoms with Gasteiger partial charge in [-0.05, 0) is 17.0 Å². The number of rotatable bonds is 8. The zero-order valence-corrected chi connectivity index (χ0v) is 18.3. The molecule has 1 atom stereocenters. The number of hydrogen-bond acceptors (Lipinski definition) is 5. The molecule has 0 aromatic heterocycles. The Labute approximate surface area is 169 Å². The van der Waals surface area contributed by atoms with Gasteiger partial charge >= 0.3 is 0 Å². The van der Waals surface area contributed by atoms with Gasteiger partial charge in [0.2, 0.25) is 0 Å². The van der Waals surface area contributed by atoms with E-state index in [1.165, 1.54) is 6.26 Å². The summed E-state index contributed by atoms with van der Waals surface area (Å²) in [7, 11) is -1.26. The highest BCUT2D eigenvalue weighted by molar-refractivity contribution is 7.89. The third-order valence-corrected chi connectivity index (χ3v) is 5.34. The molecule has 2 rings (SSSR count). The van der Waals surface area contributed by atoms with Gasteiger partial charge in [-0.15, -0.1) is 0 Å². The maximum atomic E-state index is 11.4. The molecule has 1 saturated heterocycles. The van der Waals surface area contributed by atoms with E-state index in [1.54, 1.807) is 7.05 Å². The fourth-order valence-electron chi connectivity index (χ4n) is 3.26. The van der Waals surface area contributed by atoms with Crippen LogP contribution in [0.15, 0.2) is 29.3 Å². The van der Waals surface area contributed by atoms with Crippen molar-refractivity contribution in [3.05, 3.63) is 35.4 Å². The monoisotopic (exact) mass is 410 g/mol. The first-order chi connectivity index (χ1) is 13.2. The first kappa shape index (κ1) is 22.6. The van der Waals surface area contributed by atoms with Crippen molar-refractivity contribution in [2.24, 2.45) is 10.9 Å². The van der Waals surface area contributed by atoms with Crippen LogP contribution < -0.4 is 10.6 Å². The predicted molar refractivity (Wildman–Crippen MR) is 114 cm³/mol. The Hall–Kier alpha value is -1.64. The Morgan fingerprint density at radius 2 is 1.93 bits per heavy atom. The normalized spacial score (nSPS) is 19.0. The van der Waals surface area contributed by atoms with Crippen molar-refractivity contribution in [2.75, 3.05) is 46.1 Å². The SMILES string of the molecule is CN=C(NCc1ccc(CS(C)(=O)=O)cc1)NCC1CN(CC(C)C)CCO1. The number of guanidine groups is 1. The Bertz CT molecular complexity index is 732. The molecule has 28 heavy (non-hydrogen) atoms. The van der Waals surface area contributed by atoms with Gasteiger partial charge in [0.1, 0.15) is 0 Å². The summed E-state index contributed by atoms with van der Waals surface area (Å²) in [5.41, 5.74) is 1.87. The summed E-state index contributed by atoms with van der Waals surface area (Å²) in [5.74, 6) is 1.45. The molecule has 8 heteroatoms. The van der Waals surface area contributed by atoms with Crippen LogP contribution in [0.5, 0.6) is 0 Å². The van der Waals surface area contributed by atoms with Crippen LogP contribution in [0.3, 0.4) is 0 Å². The summed E-state index contributed by atoms with van der Waals surface area (Å²) in [6.45, 7) is 9.60. The molecule has 0 radical (unpaired) electrons. The lowest BCUT2D eigenvalue weighted by molar-refractivity contribution is -0.0284. The fourth-order valence-corrected chi connectivity index (χ4v) is 4.06. The van der Waals surface area contributed by atoms with Crippen LogP contribution in [-0.2, 0) is 26.9 Å². The molecular formula is C20H34N4O3S. The van der Waals surface area contributed by atoms with E-state index in [1.807, 2.05) is 24.3 Å². The van der Waals surface area contributed by atoms with Crippen LogP contribution in [-0.4, -0.2) is 71.5 Å². The summed E-state index contributed by atoms with van der Waals surface area (Å²) in [6, 6.07) is 7.59. The van der Waals surface area contributed by atoms with E-state index >= 15 is 0 Å². The number of nitrogens with zero attached hydrogens (tertiary/aromatic N) is 2. The Morgan fingerprint density at radius 3 is 2.54 bits per heavy atom. The molecule has 1 aliphatic rings. The quantitative estimate of drug-likeness (QED) is 0.496. The summed E-state index contributed by atoms with van der Waals surface area (Å²) in [5, 5.41) is 6.62. The standard InChI is InChI=1S/C20H34N4O3S/c1-16(2)13-24-9-10-27-19(14-24)12-23-20(21-3)22-11-17-5-7-18(8-6-17)15-28(4,25)26/h5-8,16,19H,9-15H2,1-4H3,(H2,21,22,23). The topological polar surface area (TPSA) is 83.0 Å². The maximum absolute atomic E-state index is 11.4. The molecule has 0 bridgehead atoms. The van der Waals surface area contributed by atoms with E-state index in [9.17, 15) is 8.42 Å². The molecule has 7 nitrogen and oxygen atoms in total. The highest BCUT2D eigenvalue weighted by Gasteiger charge is 2.21. The zero-order chi connectivity index (χ0) is 20.6. The predicted octanol–water partition coefficient (Wildman–Crippen LogP) is 1.25. The Morgan fingerprint density at radius 1 is 1.25 bits per heavy atom. The fraction of sp³-hybridized carbons (Fsp3) is 0.650. The van der Waals surface area contributed by atoms with Crippen molar-refractivity contribution in [3.8, 4) is 0 Å². The van der Waals surface area contributed by atoms with Gasteiger partial charge in [0.15, 0.2) is 15.8 Å². The number of morpholine rings is 1. The first-order valence-corrected chi connectivity index (χ1v) is 11.8. The molecule has 0 amide bonds. The van der Waals surface area contributed by atoms with Gasteiger partial charge in [-0.25, -0.2) is 8.42 Å². The highest BCUT2D eigenvalue weighted by atomic mass is 32.2. The molecule has 158 valence electrons. The van der Waals surface area contributed by atoms with Crippen LogP contribution in [0.1, 0.15) is 25.0 Å². The van der Waals surface area contributed by atoms with E-state index < -0.39 is 9.84 Å². The third kappa shape index (κ3) is 8.58. The van der Waals surface area contributed by atoms with Crippen molar-refractivity contribution in [3.63, 3.8) is 0 Å². The number of hydrogen-bond donors (Lipinski definition) is 2. The average Bonchev–Trinajstić information content (AvgIpc) is 2.61. The second-order valence-electron chi connectivity index (χ2n) is 7.84.